The Bertz CT molecular complexity index is 1150. The summed E-state index contributed by atoms with van der Waals surface area (Å²) >= 11 is 0. The van der Waals surface area contributed by atoms with Crippen molar-refractivity contribution in [1.82, 2.24) is 10.2 Å². The Kier molecular flexibility index (Phi) is 5.30. The smallest absolute Gasteiger partial charge is 0.338 e. The van der Waals surface area contributed by atoms with Crippen molar-refractivity contribution in [3.8, 4) is 28.3 Å². The van der Waals surface area contributed by atoms with Crippen molar-refractivity contribution in [3.63, 3.8) is 0 Å². The second-order valence-corrected chi connectivity index (χ2v) is 6.98. The molecule has 0 aliphatic carbocycles. The van der Waals surface area contributed by atoms with Crippen molar-refractivity contribution in [2.45, 2.75) is 20.0 Å². The lowest BCUT2D eigenvalue weighted by Crippen LogP contribution is -2.09. The Morgan fingerprint density at radius 2 is 1.43 bits per heavy atom. The van der Waals surface area contributed by atoms with Crippen LogP contribution in [-0.2, 0) is 4.74 Å². The number of nitrogens with zero attached hydrogens (tertiary/aromatic N) is 2. The van der Waals surface area contributed by atoms with Gasteiger partial charge in [-0.3, -0.25) is 0 Å². The van der Waals surface area contributed by atoms with Crippen LogP contribution in [0.15, 0.2) is 77.2 Å². The maximum absolute atomic E-state index is 12.5. The van der Waals surface area contributed by atoms with Crippen LogP contribution in [0.5, 0.6) is 5.75 Å². The second kappa shape index (κ2) is 8.21. The molecule has 6 nitrogen and oxygen atoms in total. The maximum Gasteiger partial charge on any atom is 0.338 e. The second-order valence-electron chi connectivity index (χ2n) is 6.98. The third kappa shape index (κ3) is 4.22. The number of hydrogen-bond donors (Lipinski definition) is 1. The predicted molar refractivity (Wildman–Crippen MR) is 112 cm³/mol. The molecule has 1 N–H and O–H groups in total. The number of esters is 1. The van der Waals surface area contributed by atoms with Crippen LogP contribution in [0.2, 0.25) is 0 Å². The van der Waals surface area contributed by atoms with E-state index >= 15 is 0 Å². The number of ether oxygens (including phenoxy) is 1. The van der Waals surface area contributed by atoms with Gasteiger partial charge in [0.25, 0.3) is 5.89 Å². The number of benzene rings is 3. The van der Waals surface area contributed by atoms with E-state index in [1.165, 1.54) is 0 Å². The fourth-order valence-corrected chi connectivity index (χ4v) is 2.94. The molecule has 1 aromatic heterocycles. The van der Waals surface area contributed by atoms with Crippen molar-refractivity contribution >= 4 is 5.97 Å². The Morgan fingerprint density at radius 1 is 0.867 bits per heavy atom. The monoisotopic (exact) mass is 400 g/mol. The fourth-order valence-electron chi connectivity index (χ4n) is 2.94. The summed E-state index contributed by atoms with van der Waals surface area (Å²) < 4.78 is 11.2. The average molecular weight is 400 g/mol. The lowest BCUT2D eigenvalue weighted by Gasteiger charge is -2.10. The SMILES string of the molecule is Cc1ccc(-c2nnc([C@H](C)OC(=O)c3ccc(-c4ccc(O)cc4)cc3)o2)cc1. The number of carbonyl (C=O) groups is 1. The Morgan fingerprint density at radius 3 is 2.07 bits per heavy atom. The van der Waals surface area contributed by atoms with Gasteiger partial charge in [-0.25, -0.2) is 4.79 Å². The lowest BCUT2D eigenvalue weighted by molar-refractivity contribution is 0.0280. The Balaban J connectivity index is 1.43. The first-order chi connectivity index (χ1) is 14.5. The van der Waals surface area contributed by atoms with Gasteiger partial charge in [0.2, 0.25) is 5.89 Å². The van der Waals surface area contributed by atoms with E-state index in [2.05, 4.69) is 10.2 Å². The van der Waals surface area contributed by atoms with Crippen LogP contribution in [0.4, 0.5) is 0 Å². The molecule has 3 aromatic carbocycles. The zero-order chi connectivity index (χ0) is 21.1. The van der Waals surface area contributed by atoms with Crippen molar-refractivity contribution in [3.05, 3.63) is 89.8 Å². The third-order valence-electron chi connectivity index (χ3n) is 4.69. The highest BCUT2D eigenvalue weighted by Gasteiger charge is 2.20. The third-order valence-corrected chi connectivity index (χ3v) is 4.69. The molecule has 0 amide bonds. The largest absolute Gasteiger partial charge is 0.508 e. The van der Waals surface area contributed by atoms with E-state index in [0.29, 0.717) is 11.5 Å². The van der Waals surface area contributed by atoms with Crippen LogP contribution in [0.1, 0.15) is 34.8 Å². The van der Waals surface area contributed by atoms with Gasteiger partial charge in [0.1, 0.15) is 5.75 Å². The number of carbonyl (C=O) groups excluding carboxylic acids is 1. The van der Waals surface area contributed by atoms with Gasteiger partial charge < -0.3 is 14.3 Å². The van der Waals surface area contributed by atoms with E-state index in [-0.39, 0.29) is 11.6 Å². The highest BCUT2D eigenvalue weighted by Crippen LogP contribution is 2.25. The van der Waals surface area contributed by atoms with Crippen LogP contribution in [0, 0.1) is 6.92 Å². The minimum atomic E-state index is -0.680. The van der Waals surface area contributed by atoms with Crippen molar-refractivity contribution in [2.24, 2.45) is 0 Å². The summed E-state index contributed by atoms with van der Waals surface area (Å²) in [6.45, 7) is 3.69. The number of aromatic hydroxyl groups is 1. The molecule has 6 heteroatoms. The van der Waals surface area contributed by atoms with Gasteiger partial charge in [0, 0.05) is 5.56 Å². The van der Waals surface area contributed by atoms with E-state index in [4.69, 9.17) is 9.15 Å². The standard InChI is InChI=1S/C24H20N2O4/c1-15-3-5-19(6-4-15)23-26-25-22(30-23)16(2)29-24(28)20-9-7-17(8-10-20)18-11-13-21(27)14-12-18/h3-14,16,27H,1-2H3/t16-/m0/s1. The maximum atomic E-state index is 12.5. The molecule has 30 heavy (non-hydrogen) atoms. The number of aryl methyl sites for hydroxylation is 1. The quantitative estimate of drug-likeness (QED) is 0.455. The molecule has 4 aromatic rings. The molecule has 0 saturated heterocycles. The minimum absolute atomic E-state index is 0.208. The summed E-state index contributed by atoms with van der Waals surface area (Å²) in [7, 11) is 0. The first-order valence-electron chi connectivity index (χ1n) is 9.50. The van der Waals surface area contributed by atoms with Gasteiger partial charge >= 0.3 is 5.97 Å². The first-order valence-corrected chi connectivity index (χ1v) is 9.50. The average Bonchev–Trinajstić information content (AvgIpc) is 3.25. The van der Waals surface area contributed by atoms with Gasteiger partial charge in [-0.2, -0.15) is 0 Å². The molecule has 0 fully saturated rings. The molecular weight excluding hydrogens is 380 g/mol. The molecule has 0 unspecified atom stereocenters. The summed E-state index contributed by atoms with van der Waals surface area (Å²) in [5.74, 6) is 0.347. The fraction of sp³-hybridized carbons (Fsp3) is 0.125. The zero-order valence-corrected chi connectivity index (χ0v) is 16.6. The van der Waals surface area contributed by atoms with E-state index in [1.54, 1.807) is 31.2 Å². The molecule has 1 atom stereocenters. The topological polar surface area (TPSA) is 85.5 Å². The normalized spacial score (nSPS) is 11.8. The number of rotatable bonds is 5. The molecule has 0 radical (unpaired) electrons. The van der Waals surface area contributed by atoms with E-state index in [0.717, 1.165) is 22.3 Å². The van der Waals surface area contributed by atoms with Crippen molar-refractivity contribution < 1.29 is 19.1 Å². The highest BCUT2D eigenvalue weighted by atomic mass is 16.6. The molecule has 0 saturated carbocycles. The predicted octanol–water partition coefficient (Wildman–Crippen LogP) is 5.34. The molecular formula is C24H20N2O4. The van der Waals surface area contributed by atoms with Crippen LogP contribution < -0.4 is 0 Å². The first kappa shape index (κ1) is 19.4. The van der Waals surface area contributed by atoms with Crippen molar-refractivity contribution in [2.75, 3.05) is 0 Å². The molecule has 0 bridgehead atoms. The van der Waals surface area contributed by atoms with Gasteiger partial charge in [-0.05, 0) is 61.4 Å². The number of phenolic OH excluding ortho intramolecular Hbond substituents is 1. The minimum Gasteiger partial charge on any atom is -0.508 e. The number of phenols is 1. The van der Waals surface area contributed by atoms with Crippen LogP contribution in [-0.4, -0.2) is 21.3 Å². The van der Waals surface area contributed by atoms with Gasteiger partial charge in [-0.1, -0.05) is 42.0 Å². The summed E-state index contributed by atoms with van der Waals surface area (Å²) in [6.07, 6.45) is -0.680. The Hall–Kier alpha value is -3.93. The number of hydrogen-bond acceptors (Lipinski definition) is 6. The van der Waals surface area contributed by atoms with Crippen LogP contribution in [0.3, 0.4) is 0 Å². The van der Waals surface area contributed by atoms with Gasteiger partial charge in [-0.15, -0.1) is 10.2 Å². The van der Waals surface area contributed by atoms with Crippen LogP contribution in [0.25, 0.3) is 22.6 Å². The lowest BCUT2D eigenvalue weighted by atomic mass is 10.0. The number of aromatic nitrogens is 2. The molecule has 150 valence electrons. The van der Waals surface area contributed by atoms with Gasteiger partial charge in [0.15, 0.2) is 6.10 Å². The molecule has 0 spiro atoms. The zero-order valence-electron chi connectivity index (χ0n) is 16.6. The van der Waals surface area contributed by atoms with E-state index in [1.807, 2.05) is 55.5 Å². The van der Waals surface area contributed by atoms with Gasteiger partial charge in [0.05, 0.1) is 5.56 Å². The van der Waals surface area contributed by atoms with Crippen molar-refractivity contribution in [1.29, 1.82) is 0 Å². The molecule has 0 aliphatic heterocycles. The summed E-state index contributed by atoms with van der Waals surface area (Å²) in [5.41, 5.74) is 4.23. The highest BCUT2D eigenvalue weighted by molar-refractivity contribution is 5.90. The summed E-state index contributed by atoms with van der Waals surface area (Å²) in [5, 5.41) is 17.4. The van der Waals surface area contributed by atoms with E-state index in [9.17, 15) is 9.90 Å². The Labute approximate surface area is 173 Å². The van der Waals surface area contributed by atoms with Crippen LogP contribution >= 0.6 is 0 Å². The molecule has 0 aliphatic rings. The summed E-state index contributed by atoms with van der Waals surface area (Å²) in [6, 6.07) is 21.6. The molecule has 4 rings (SSSR count). The van der Waals surface area contributed by atoms with E-state index < -0.39 is 12.1 Å². The summed E-state index contributed by atoms with van der Waals surface area (Å²) in [4.78, 5) is 12.5. The molecule has 1 heterocycles.